The molecule has 0 aliphatic carbocycles. The molecule has 28 heavy (non-hydrogen) atoms. The van der Waals surface area contributed by atoms with E-state index in [4.69, 9.17) is 9.15 Å². The number of hydrogen-bond donors (Lipinski definition) is 0. The van der Waals surface area contributed by atoms with E-state index in [9.17, 15) is 9.18 Å². The summed E-state index contributed by atoms with van der Waals surface area (Å²) < 4.78 is 24.2. The minimum absolute atomic E-state index is 0.00492. The zero-order valence-electron chi connectivity index (χ0n) is 15.2. The second-order valence-electron chi connectivity index (χ2n) is 6.33. The number of aromatic nitrogens is 2. The van der Waals surface area contributed by atoms with Crippen LogP contribution >= 0.6 is 11.8 Å². The van der Waals surface area contributed by atoms with Gasteiger partial charge in [0, 0.05) is 12.2 Å². The van der Waals surface area contributed by atoms with Crippen molar-refractivity contribution in [3.05, 3.63) is 65.8 Å². The summed E-state index contributed by atoms with van der Waals surface area (Å²) in [6, 6.07) is 13.6. The van der Waals surface area contributed by atoms with Gasteiger partial charge < -0.3 is 14.1 Å². The summed E-state index contributed by atoms with van der Waals surface area (Å²) in [5, 5.41) is 8.26. The molecule has 2 heterocycles. The molecule has 3 aromatic rings. The van der Waals surface area contributed by atoms with Gasteiger partial charge in [0.15, 0.2) is 6.10 Å². The average Bonchev–Trinajstić information content (AvgIpc) is 3.35. The fourth-order valence-electron chi connectivity index (χ4n) is 3.01. The van der Waals surface area contributed by atoms with Crippen LogP contribution in [0.15, 0.2) is 58.2 Å². The van der Waals surface area contributed by atoms with Gasteiger partial charge in [-0.05, 0) is 49.2 Å². The SMILES string of the molecule is CC(Oc1ccc(F)cc1)c1nnc(SCC(=O)N2CCc3ccccc32)o1. The number of halogens is 1. The molecule has 144 valence electrons. The Labute approximate surface area is 165 Å². The monoisotopic (exact) mass is 399 g/mol. The van der Waals surface area contributed by atoms with Gasteiger partial charge in [-0.1, -0.05) is 30.0 Å². The molecule has 1 atom stereocenters. The summed E-state index contributed by atoms with van der Waals surface area (Å²) in [7, 11) is 0. The number of nitrogens with zero attached hydrogens (tertiary/aromatic N) is 3. The van der Waals surface area contributed by atoms with Crippen molar-refractivity contribution in [2.75, 3.05) is 17.2 Å². The second kappa shape index (κ2) is 8.02. The fourth-order valence-corrected chi connectivity index (χ4v) is 3.66. The van der Waals surface area contributed by atoms with E-state index in [-0.39, 0.29) is 17.5 Å². The van der Waals surface area contributed by atoms with Crippen LogP contribution in [0.3, 0.4) is 0 Å². The largest absolute Gasteiger partial charge is 0.481 e. The highest BCUT2D eigenvalue weighted by Crippen LogP contribution is 2.29. The molecule has 1 aliphatic heterocycles. The normalized spacial score (nSPS) is 14.0. The quantitative estimate of drug-likeness (QED) is 0.583. The second-order valence-corrected chi connectivity index (χ2v) is 7.26. The molecule has 2 aromatic carbocycles. The first-order valence-corrected chi connectivity index (χ1v) is 9.85. The van der Waals surface area contributed by atoms with Crippen molar-refractivity contribution in [1.82, 2.24) is 10.2 Å². The number of carbonyl (C=O) groups is 1. The van der Waals surface area contributed by atoms with Crippen LogP contribution < -0.4 is 9.64 Å². The highest BCUT2D eigenvalue weighted by molar-refractivity contribution is 7.99. The van der Waals surface area contributed by atoms with Crippen LogP contribution in [0.1, 0.15) is 24.5 Å². The van der Waals surface area contributed by atoms with Crippen LogP contribution in [0.25, 0.3) is 0 Å². The van der Waals surface area contributed by atoms with Gasteiger partial charge in [0.25, 0.3) is 11.1 Å². The Morgan fingerprint density at radius 3 is 2.86 bits per heavy atom. The van der Waals surface area contributed by atoms with Crippen molar-refractivity contribution in [3.8, 4) is 5.75 Å². The molecule has 0 spiro atoms. The lowest BCUT2D eigenvalue weighted by Crippen LogP contribution is -2.30. The van der Waals surface area contributed by atoms with Crippen LogP contribution in [0, 0.1) is 5.82 Å². The van der Waals surface area contributed by atoms with Crippen molar-refractivity contribution >= 4 is 23.4 Å². The van der Waals surface area contributed by atoms with E-state index in [0.29, 0.717) is 23.4 Å². The van der Waals surface area contributed by atoms with Gasteiger partial charge in [0.2, 0.25) is 5.91 Å². The third kappa shape index (κ3) is 4.01. The summed E-state index contributed by atoms with van der Waals surface area (Å²) in [4.78, 5) is 14.3. The number of para-hydroxylation sites is 1. The molecule has 8 heteroatoms. The summed E-state index contributed by atoms with van der Waals surface area (Å²) in [5.74, 6) is 0.686. The first kappa shape index (κ1) is 18.5. The standard InChI is InChI=1S/C20H18FN3O3S/c1-13(26-16-8-6-15(21)7-9-16)19-22-23-20(27-19)28-12-18(25)24-11-10-14-4-2-3-5-17(14)24/h2-9,13H,10-12H2,1H3. The number of rotatable bonds is 6. The molecule has 1 amide bonds. The smallest absolute Gasteiger partial charge is 0.277 e. The fraction of sp³-hybridized carbons (Fsp3) is 0.250. The molecule has 1 aliphatic rings. The van der Waals surface area contributed by atoms with E-state index >= 15 is 0 Å². The van der Waals surface area contributed by atoms with Crippen LogP contribution in [0.5, 0.6) is 5.75 Å². The van der Waals surface area contributed by atoms with Gasteiger partial charge in [-0.15, -0.1) is 10.2 Å². The maximum Gasteiger partial charge on any atom is 0.277 e. The molecule has 0 saturated carbocycles. The lowest BCUT2D eigenvalue weighted by atomic mass is 10.2. The van der Waals surface area contributed by atoms with E-state index in [2.05, 4.69) is 10.2 Å². The summed E-state index contributed by atoms with van der Waals surface area (Å²) in [5.41, 5.74) is 2.16. The van der Waals surface area contributed by atoms with Gasteiger partial charge in [0.1, 0.15) is 11.6 Å². The summed E-state index contributed by atoms with van der Waals surface area (Å²) >= 11 is 1.20. The Morgan fingerprint density at radius 2 is 2.04 bits per heavy atom. The third-order valence-corrected chi connectivity index (χ3v) is 5.21. The number of amides is 1. The van der Waals surface area contributed by atoms with Crippen LogP contribution in [-0.4, -0.2) is 28.4 Å². The van der Waals surface area contributed by atoms with E-state index in [1.807, 2.05) is 24.3 Å². The zero-order valence-corrected chi connectivity index (χ0v) is 16.0. The highest BCUT2D eigenvalue weighted by Gasteiger charge is 2.25. The lowest BCUT2D eigenvalue weighted by molar-refractivity contribution is -0.116. The van der Waals surface area contributed by atoms with Crippen molar-refractivity contribution in [2.45, 2.75) is 24.7 Å². The van der Waals surface area contributed by atoms with Crippen molar-refractivity contribution in [3.63, 3.8) is 0 Å². The van der Waals surface area contributed by atoms with Crippen LogP contribution in [-0.2, 0) is 11.2 Å². The topological polar surface area (TPSA) is 68.5 Å². The molecule has 0 N–H and O–H groups in total. The average molecular weight is 399 g/mol. The molecular weight excluding hydrogens is 381 g/mol. The van der Waals surface area contributed by atoms with Crippen molar-refractivity contribution in [1.29, 1.82) is 0 Å². The van der Waals surface area contributed by atoms with Gasteiger partial charge >= 0.3 is 0 Å². The number of thioether (sulfide) groups is 1. The number of hydrogen-bond acceptors (Lipinski definition) is 6. The lowest BCUT2D eigenvalue weighted by Gasteiger charge is -2.16. The van der Waals surface area contributed by atoms with Gasteiger partial charge in [-0.2, -0.15) is 0 Å². The predicted octanol–water partition coefficient (Wildman–Crippen LogP) is 4.03. The summed E-state index contributed by atoms with van der Waals surface area (Å²) in [6.07, 6.45) is 0.378. The van der Waals surface area contributed by atoms with Crippen molar-refractivity contribution < 1.29 is 18.3 Å². The van der Waals surface area contributed by atoms with E-state index < -0.39 is 6.10 Å². The highest BCUT2D eigenvalue weighted by atomic mass is 32.2. The minimum atomic E-state index is -0.492. The Morgan fingerprint density at radius 1 is 1.25 bits per heavy atom. The number of ether oxygens (including phenoxy) is 1. The van der Waals surface area contributed by atoms with Crippen molar-refractivity contribution in [2.24, 2.45) is 0 Å². The van der Waals surface area contributed by atoms with Crippen LogP contribution in [0.4, 0.5) is 10.1 Å². The maximum absolute atomic E-state index is 13.0. The molecule has 0 saturated heterocycles. The molecule has 0 fully saturated rings. The minimum Gasteiger partial charge on any atom is -0.481 e. The Bertz CT molecular complexity index is 977. The number of anilines is 1. The Balaban J connectivity index is 1.33. The van der Waals surface area contributed by atoms with Gasteiger partial charge in [0.05, 0.1) is 5.75 Å². The molecule has 1 aromatic heterocycles. The summed E-state index contributed by atoms with van der Waals surface area (Å²) in [6.45, 7) is 2.45. The molecule has 0 bridgehead atoms. The molecular formula is C20H18FN3O3S. The predicted molar refractivity (Wildman–Crippen MR) is 103 cm³/mol. The van der Waals surface area contributed by atoms with Gasteiger partial charge in [-0.3, -0.25) is 4.79 Å². The first-order chi connectivity index (χ1) is 13.6. The molecule has 1 unspecified atom stereocenters. The van der Waals surface area contributed by atoms with E-state index in [1.54, 1.807) is 11.8 Å². The number of fused-ring (bicyclic) bond motifs is 1. The van der Waals surface area contributed by atoms with Gasteiger partial charge in [-0.25, -0.2) is 4.39 Å². The molecule has 6 nitrogen and oxygen atoms in total. The number of benzene rings is 2. The zero-order chi connectivity index (χ0) is 19.5. The molecule has 0 radical (unpaired) electrons. The van der Waals surface area contributed by atoms with Crippen LogP contribution in [0.2, 0.25) is 0 Å². The maximum atomic E-state index is 13.0. The Hall–Kier alpha value is -2.87. The number of carbonyl (C=O) groups excluding carboxylic acids is 1. The molecule has 4 rings (SSSR count). The third-order valence-electron chi connectivity index (χ3n) is 4.40. The van der Waals surface area contributed by atoms with E-state index in [1.165, 1.54) is 41.6 Å². The first-order valence-electron chi connectivity index (χ1n) is 8.87. The van der Waals surface area contributed by atoms with E-state index in [0.717, 1.165) is 12.1 Å². The Kier molecular flexibility index (Phi) is 5.29.